The molecule has 226 valence electrons. The van der Waals surface area contributed by atoms with Crippen molar-refractivity contribution < 1.29 is 18.0 Å². The molecule has 1 aliphatic carbocycles. The minimum Gasteiger partial charge on any atom is -0.370 e. The van der Waals surface area contributed by atoms with E-state index >= 15 is 0 Å². The van der Waals surface area contributed by atoms with Crippen LogP contribution in [0.1, 0.15) is 88.4 Å². The second-order valence-corrected chi connectivity index (χ2v) is 14.7. The normalized spacial score (nSPS) is 25.9. The monoisotopic (exact) mass is 594 g/mol. The van der Waals surface area contributed by atoms with Gasteiger partial charge in [-0.25, -0.2) is 14.7 Å². The fourth-order valence-corrected chi connectivity index (χ4v) is 8.33. The van der Waals surface area contributed by atoms with E-state index in [1.807, 2.05) is 0 Å². The smallest absolute Gasteiger partial charge is 0.281 e. The van der Waals surface area contributed by atoms with Gasteiger partial charge in [0.15, 0.2) is 5.03 Å². The zero-order valence-electron chi connectivity index (χ0n) is 24.6. The number of carbonyl (C=O) groups excluding carboxylic acids is 2. The Morgan fingerprint density at radius 1 is 0.976 bits per heavy atom. The topological polar surface area (TPSA) is 125 Å². The van der Waals surface area contributed by atoms with Gasteiger partial charge < -0.3 is 10.2 Å². The zero-order valence-corrected chi connectivity index (χ0v) is 25.5. The highest BCUT2D eigenvalue weighted by atomic mass is 32.2. The van der Waals surface area contributed by atoms with Crippen molar-refractivity contribution in [1.82, 2.24) is 14.7 Å². The predicted molar refractivity (Wildman–Crippen MR) is 162 cm³/mol. The number of fused-ring (bicyclic) bond motifs is 6. The second-order valence-electron chi connectivity index (χ2n) is 13.1. The number of pyridine rings is 2. The lowest BCUT2D eigenvalue weighted by Crippen LogP contribution is -2.41. The van der Waals surface area contributed by atoms with Gasteiger partial charge in [-0.2, -0.15) is 8.42 Å². The summed E-state index contributed by atoms with van der Waals surface area (Å²) in [5, 5.41) is 2.99. The van der Waals surface area contributed by atoms with Gasteiger partial charge in [-0.15, -0.1) is 0 Å². The number of nitrogens with zero attached hydrogens (tertiary/aromatic N) is 4. The Labute approximate surface area is 248 Å². The summed E-state index contributed by atoms with van der Waals surface area (Å²) >= 11 is 0. The van der Waals surface area contributed by atoms with Crippen LogP contribution in [0.15, 0.2) is 35.4 Å². The summed E-state index contributed by atoms with van der Waals surface area (Å²) in [5.74, 6) is 1.86. The highest BCUT2D eigenvalue weighted by Gasteiger charge is 2.42. The van der Waals surface area contributed by atoms with Gasteiger partial charge >= 0.3 is 0 Å². The molecule has 0 radical (unpaired) electrons. The van der Waals surface area contributed by atoms with E-state index in [4.69, 9.17) is 4.98 Å². The maximum absolute atomic E-state index is 13.6. The van der Waals surface area contributed by atoms with Crippen LogP contribution >= 0.6 is 0 Å². The number of aromatic nitrogens is 2. The molecule has 2 saturated heterocycles. The minimum absolute atomic E-state index is 0.00271. The Morgan fingerprint density at radius 3 is 2.60 bits per heavy atom. The van der Waals surface area contributed by atoms with Crippen LogP contribution in [0.5, 0.6) is 0 Å². The van der Waals surface area contributed by atoms with Gasteiger partial charge in [-0.1, -0.05) is 31.7 Å². The lowest BCUT2D eigenvalue weighted by Gasteiger charge is -2.34. The number of anilines is 3. The van der Waals surface area contributed by atoms with E-state index < -0.39 is 15.9 Å². The quantitative estimate of drug-likeness (QED) is 0.521. The zero-order chi connectivity index (χ0) is 29.5. The van der Waals surface area contributed by atoms with Crippen molar-refractivity contribution in [1.29, 1.82) is 0 Å². The van der Waals surface area contributed by atoms with Gasteiger partial charge in [0.2, 0.25) is 5.91 Å². The van der Waals surface area contributed by atoms with E-state index in [-0.39, 0.29) is 28.0 Å². The van der Waals surface area contributed by atoms with E-state index in [1.165, 1.54) is 31.7 Å². The van der Waals surface area contributed by atoms with E-state index in [0.717, 1.165) is 44.4 Å². The van der Waals surface area contributed by atoms with Crippen LogP contribution < -0.4 is 19.8 Å². The molecule has 42 heavy (non-hydrogen) atoms. The van der Waals surface area contributed by atoms with E-state index in [1.54, 1.807) is 29.2 Å². The first-order chi connectivity index (χ1) is 20.1. The van der Waals surface area contributed by atoms with Crippen LogP contribution in [0.25, 0.3) is 0 Å². The summed E-state index contributed by atoms with van der Waals surface area (Å²) in [7, 11) is -4.23. The Hall–Kier alpha value is -3.21. The van der Waals surface area contributed by atoms with Crippen molar-refractivity contribution in [2.45, 2.75) is 88.6 Å². The van der Waals surface area contributed by atoms with Crippen LogP contribution in [0.2, 0.25) is 0 Å². The molecule has 1 saturated carbocycles. The number of amides is 2. The molecule has 3 aliphatic heterocycles. The molecule has 0 aromatic carbocycles. The molecule has 2 amide bonds. The van der Waals surface area contributed by atoms with Crippen LogP contribution in [-0.4, -0.2) is 55.4 Å². The Bertz CT molecular complexity index is 1460. The maximum atomic E-state index is 13.6. The highest BCUT2D eigenvalue weighted by molar-refractivity contribution is 7.90. The molecule has 11 heteroatoms. The molecule has 3 fully saturated rings. The first kappa shape index (κ1) is 28.9. The molecule has 2 atom stereocenters. The van der Waals surface area contributed by atoms with Gasteiger partial charge in [-0.05, 0) is 88.5 Å². The van der Waals surface area contributed by atoms with Crippen molar-refractivity contribution >= 4 is 39.3 Å². The molecule has 5 heterocycles. The first-order valence-corrected chi connectivity index (χ1v) is 17.0. The molecule has 2 N–H and O–H groups in total. The van der Waals surface area contributed by atoms with Crippen molar-refractivity contribution in [2.75, 3.05) is 34.8 Å². The number of rotatable bonds is 4. The molecule has 6 rings (SSSR count). The number of hydrogen-bond acceptors (Lipinski definition) is 8. The van der Waals surface area contributed by atoms with Crippen molar-refractivity contribution in [3.63, 3.8) is 0 Å². The van der Waals surface area contributed by atoms with E-state index in [9.17, 15) is 18.0 Å². The number of nitrogens with one attached hydrogen (secondary N) is 2. The number of carbonyl (C=O) groups is 2. The van der Waals surface area contributed by atoms with Crippen molar-refractivity contribution in [3.05, 3.63) is 35.9 Å². The molecule has 2 aromatic heterocycles. The summed E-state index contributed by atoms with van der Waals surface area (Å²) in [4.78, 5) is 40.2. The van der Waals surface area contributed by atoms with Gasteiger partial charge in [-0.3, -0.25) is 14.5 Å². The molecular formula is C31H42N6O4S. The van der Waals surface area contributed by atoms with Crippen LogP contribution in [-0.2, 0) is 14.8 Å². The summed E-state index contributed by atoms with van der Waals surface area (Å²) in [6, 6.07) is 8.00. The lowest BCUT2D eigenvalue weighted by molar-refractivity contribution is -0.120. The van der Waals surface area contributed by atoms with E-state index in [2.05, 4.69) is 33.8 Å². The standard InChI is InChI=1S/C31H42N6O4S/c1-31(2)19-22-9-6-17-32-25-10-5-11-27(33-25)42(40,41)35-29(38)24-14-15-26(34-28(24)37(31)20-22)36-18-16-23(30(36)39)13-12-21-7-3-4-8-21/h5,10-11,14-15,21-23H,3-4,6-9,12-13,16-20H2,1-2H3,(H,32,33)(H,35,38)/t22-,23?/m0/s1. The summed E-state index contributed by atoms with van der Waals surface area (Å²) in [6.07, 6.45) is 10.8. The first-order valence-electron chi connectivity index (χ1n) is 15.5. The van der Waals surface area contributed by atoms with Crippen molar-refractivity contribution in [3.8, 4) is 0 Å². The van der Waals surface area contributed by atoms with E-state index in [0.29, 0.717) is 43.0 Å². The fourth-order valence-electron chi connectivity index (χ4n) is 7.39. The molecule has 0 spiro atoms. The van der Waals surface area contributed by atoms with Crippen LogP contribution in [0, 0.1) is 17.8 Å². The van der Waals surface area contributed by atoms with Gasteiger partial charge in [0.1, 0.15) is 17.5 Å². The van der Waals surface area contributed by atoms with Gasteiger partial charge in [0.25, 0.3) is 15.9 Å². The molecule has 2 aromatic rings. The van der Waals surface area contributed by atoms with Gasteiger partial charge in [0.05, 0.1) is 5.56 Å². The largest absolute Gasteiger partial charge is 0.370 e. The molecule has 10 nitrogen and oxygen atoms in total. The van der Waals surface area contributed by atoms with Crippen LogP contribution in [0.4, 0.5) is 17.5 Å². The summed E-state index contributed by atoms with van der Waals surface area (Å²) in [6.45, 7) is 6.23. The third-order valence-electron chi connectivity index (χ3n) is 9.63. The maximum Gasteiger partial charge on any atom is 0.281 e. The molecule has 4 aliphatic rings. The van der Waals surface area contributed by atoms with Crippen LogP contribution in [0.3, 0.4) is 0 Å². The summed E-state index contributed by atoms with van der Waals surface area (Å²) in [5.41, 5.74) is -0.135. The molecular weight excluding hydrogens is 552 g/mol. The highest BCUT2D eigenvalue weighted by Crippen LogP contribution is 2.41. The summed E-state index contributed by atoms with van der Waals surface area (Å²) < 4.78 is 28.6. The fraction of sp³-hybridized carbons (Fsp3) is 0.613. The molecule has 4 bridgehead atoms. The number of sulfonamides is 1. The van der Waals surface area contributed by atoms with Crippen molar-refractivity contribution in [2.24, 2.45) is 17.8 Å². The third-order valence-corrected chi connectivity index (χ3v) is 10.9. The number of hydrogen-bond donors (Lipinski definition) is 2. The second kappa shape index (κ2) is 11.5. The Balaban J connectivity index is 1.32. The molecule has 1 unspecified atom stereocenters. The Kier molecular flexibility index (Phi) is 7.89. The SMILES string of the molecule is CC1(C)C[C@@H]2CCCNc3cccc(n3)S(=O)(=O)NC(=O)c3ccc(N4CCC(CCC5CCCC5)C4=O)nc3N1C2. The average molecular weight is 595 g/mol. The van der Waals surface area contributed by atoms with Gasteiger partial charge in [0, 0.05) is 31.1 Å². The lowest BCUT2D eigenvalue weighted by atomic mass is 9.93. The average Bonchev–Trinajstić information content (AvgIpc) is 3.68. The predicted octanol–water partition coefficient (Wildman–Crippen LogP) is 4.73. The third kappa shape index (κ3) is 5.85. The minimum atomic E-state index is -4.23. The Morgan fingerprint density at radius 2 is 1.79 bits per heavy atom.